The Morgan fingerprint density at radius 1 is 0.407 bits per heavy atom. The highest BCUT2D eigenvalue weighted by Crippen LogP contribution is 2.29. The van der Waals surface area contributed by atoms with Gasteiger partial charge in [0, 0.05) is 0 Å². The van der Waals surface area contributed by atoms with E-state index < -0.39 is 0 Å². The first-order chi connectivity index (χ1) is 25.8. The number of hydrogen-bond donors (Lipinski definition) is 4. The van der Waals surface area contributed by atoms with Gasteiger partial charge >= 0.3 is 0 Å². The Hall–Kier alpha value is -7.08. The van der Waals surface area contributed by atoms with Crippen molar-refractivity contribution in [3.63, 3.8) is 0 Å². The second kappa shape index (κ2) is 20.7. The summed E-state index contributed by atoms with van der Waals surface area (Å²) in [6.45, 7) is 0. The quantitative estimate of drug-likeness (QED) is 0.0702. The molecule has 4 aromatic carbocycles. The maximum absolute atomic E-state index is 11.9. The summed E-state index contributed by atoms with van der Waals surface area (Å²) in [7, 11) is 5.73. The van der Waals surface area contributed by atoms with Gasteiger partial charge < -0.3 is 39.4 Å². The van der Waals surface area contributed by atoms with E-state index in [0.29, 0.717) is 45.3 Å². The molecule has 280 valence electrons. The van der Waals surface area contributed by atoms with E-state index in [2.05, 4.69) is 0 Å². The van der Waals surface area contributed by atoms with Gasteiger partial charge in [0.25, 0.3) is 0 Å². The molecule has 0 aromatic heterocycles. The van der Waals surface area contributed by atoms with Gasteiger partial charge in [-0.3, -0.25) is 19.2 Å². The summed E-state index contributed by atoms with van der Waals surface area (Å²) in [5.74, 6) is -0.166. The molecule has 4 N–H and O–H groups in total. The standard InChI is InChI=1S/2C21H20O6/c2*1-26-20-11-14(5-9-18(20)24)3-7-16(22)13-17(23)8-4-15-6-10-19(25)21(12-15)27-2/h2*3-12,24-25H,13H2,1-2H3/b2*7-3+,8-4+. The van der Waals surface area contributed by atoms with Crippen molar-refractivity contribution < 1.29 is 58.6 Å². The Bertz CT molecular complexity index is 1790. The van der Waals surface area contributed by atoms with E-state index in [-0.39, 0.29) is 59.0 Å². The average Bonchev–Trinajstić information content (AvgIpc) is 3.16. The van der Waals surface area contributed by atoms with Crippen molar-refractivity contribution in [2.45, 2.75) is 12.8 Å². The summed E-state index contributed by atoms with van der Waals surface area (Å²) in [5, 5.41) is 38.2. The number of ketones is 4. The topological polar surface area (TPSA) is 186 Å². The molecule has 0 atom stereocenters. The number of hydrogen-bond acceptors (Lipinski definition) is 12. The van der Waals surface area contributed by atoms with Crippen molar-refractivity contribution in [2.24, 2.45) is 0 Å². The van der Waals surface area contributed by atoms with Crippen LogP contribution < -0.4 is 18.9 Å². The number of rotatable bonds is 16. The lowest BCUT2D eigenvalue weighted by atomic mass is 10.1. The van der Waals surface area contributed by atoms with Crippen molar-refractivity contribution in [1.82, 2.24) is 0 Å². The number of ether oxygens (including phenoxy) is 4. The normalized spacial score (nSPS) is 11.0. The minimum absolute atomic E-state index is 0.00662. The van der Waals surface area contributed by atoms with Crippen LogP contribution in [0.5, 0.6) is 46.0 Å². The van der Waals surface area contributed by atoms with E-state index in [1.54, 1.807) is 72.8 Å². The van der Waals surface area contributed by atoms with E-state index in [0.717, 1.165) is 0 Å². The van der Waals surface area contributed by atoms with Gasteiger partial charge in [0.15, 0.2) is 69.1 Å². The van der Waals surface area contributed by atoms with E-state index >= 15 is 0 Å². The van der Waals surface area contributed by atoms with Crippen molar-refractivity contribution >= 4 is 47.4 Å². The molecule has 0 heterocycles. The lowest BCUT2D eigenvalue weighted by Crippen LogP contribution is -2.01. The maximum Gasteiger partial charge on any atom is 0.163 e. The second-order valence-electron chi connectivity index (χ2n) is 11.3. The SMILES string of the molecule is COc1cc(/C=C/C(=O)CC(=O)/C=C/c2ccc(O)c(OC)c2)ccc1O.COc1cc(/C=C/C(=O)CC(=O)/C=C/c2ccc(O)c(OC)c2)ccc1O. The number of carbonyl (C=O) groups is 4. The lowest BCUT2D eigenvalue weighted by Gasteiger charge is -2.03. The van der Waals surface area contributed by atoms with Gasteiger partial charge in [-0.05, 0) is 95.1 Å². The van der Waals surface area contributed by atoms with E-state index in [9.17, 15) is 39.6 Å². The lowest BCUT2D eigenvalue weighted by molar-refractivity contribution is -0.123. The van der Waals surface area contributed by atoms with Gasteiger partial charge in [-0.25, -0.2) is 0 Å². The number of phenolic OH excluding ortho intramolecular Hbond substituents is 4. The molecule has 0 spiro atoms. The molecule has 0 fully saturated rings. The van der Waals surface area contributed by atoms with Crippen LogP contribution in [-0.2, 0) is 19.2 Å². The third kappa shape index (κ3) is 13.2. The summed E-state index contributed by atoms with van der Waals surface area (Å²) in [5.41, 5.74) is 2.66. The number of benzene rings is 4. The number of allylic oxidation sites excluding steroid dienone is 4. The van der Waals surface area contributed by atoms with Gasteiger partial charge in [0.05, 0.1) is 41.3 Å². The Morgan fingerprint density at radius 3 is 0.796 bits per heavy atom. The van der Waals surface area contributed by atoms with Gasteiger partial charge in [-0.15, -0.1) is 0 Å². The van der Waals surface area contributed by atoms with Crippen LogP contribution in [0.3, 0.4) is 0 Å². The molecule has 0 unspecified atom stereocenters. The van der Waals surface area contributed by atoms with E-state index in [1.165, 1.54) is 77.0 Å². The number of aromatic hydroxyl groups is 4. The minimum Gasteiger partial charge on any atom is -0.504 e. The van der Waals surface area contributed by atoms with Crippen molar-refractivity contribution in [3.8, 4) is 46.0 Å². The summed E-state index contributed by atoms with van der Waals surface area (Å²) < 4.78 is 20.0. The molecule has 0 bridgehead atoms. The molecule has 0 saturated carbocycles. The first kappa shape index (κ1) is 41.3. The molecule has 0 saturated heterocycles. The highest BCUT2D eigenvalue weighted by molar-refractivity contribution is 6.11. The predicted octanol–water partition coefficient (Wildman–Crippen LogP) is 6.74. The fraction of sp³-hybridized carbons (Fsp3) is 0.143. The molecule has 0 radical (unpaired) electrons. The monoisotopic (exact) mass is 736 g/mol. The van der Waals surface area contributed by atoms with Crippen LogP contribution >= 0.6 is 0 Å². The molecular weight excluding hydrogens is 696 g/mol. The number of phenols is 4. The molecule has 0 aliphatic carbocycles. The molecule has 54 heavy (non-hydrogen) atoms. The van der Waals surface area contributed by atoms with Crippen molar-refractivity contribution in [3.05, 3.63) is 119 Å². The van der Waals surface area contributed by atoms with Gasteiger partial charge in [0.2, 0.25) is 0 Å². The molecule has 12 heteroatoms. The minimum atomic E-state index is -0.347. The molecule has 4 aromatic rings. The van der Waals surface area contributed by atoms with Crippen LogP contribution in [0.1, 0.15) is 35.1 Å². The van der Waals surface area contributed by atoms with Crippen LogP contribution in [0, 0.1) is 0 Å². The molecule has 0 aliphatic heterocycles. The van der Waals surface area contributed by atoms with Crippen LogP contribution in [0.25, 0.3) is 24.3 Å². The maximum atomic E-state index is 11.9. The Morgan fingerprint density at radius 2 is 0.611 bits per heavy atom. The first-order valence-electron chi connectivity index (χ1n) is 16.2. The summed E-state index contributed by atoms with van der Waals surface area (Å²) in [4.78, 5) is 47.7. The highest BCUT2D eigenvalue weighted by atomic mass is 16.5. The fourth-order valence-corrected chi connectivity index (χ4v) is 4.53. The Kier molecular flexibility index (Phi) is 15.8. The van der Waals surface area contributed by atoms with Crippen molar-refractivity contribution in [1.29, 1.82) is 0 Å². The number of methoxy groups -OCH3 is 4. The Labute approximate surface area is 312 Å². The zero-order chi connectivity index (χ0) is 39.6. The zero-order valence-corrected chi connectivity index (χ0v) is 30.0. The summed E-state index contributed by atoms with van der Waals surface area (Å²) in [6, 6.07) is 18.7. The molecule has 12 nitrogen and oxygen atoms in total. The van der Waals surface area contributed by atoms with Gasteiger partial charge in [-0.1, -0.05) is 48.6 Å². The van der Waals surface area contributed by atoms with Gasteiger partial charge in [0.1, 0.15) is 0 Å². The van der Waals surface area contributed by atoms with E-state index in [1.807, 2.05) is 0 Å². The average molecular weight is 737 g/mol. The summed E-state index contributed by atoms with van der Waals surface area (Å²) in [6.07, 6.45) is 10.9. The zero-order valence-electron chi connectivity index (χ0n) is 30.0. The smallest absolute Gasteiger partial charge is 0.163 e. The third-order valence-corrected chi connectivity index (χ3v) is 7.36. The van der Waals surface area contributed by atoms with Crippen LogP contribution in [0.15, 0.2) is 97.1 Å². The van der Waals surface area contributed by atoms with Crippen molar-refractivity contribution in [2.75, 3.05) is 28.4 Å². The Balaban J connectivity index is 0.000000290. The third-order valence-electron chi connectivity index (χ3n) is 7.36. The molecule has 4 rings (SSSR count). The second-order valence-corrected chi connectivity index (χ2v) is 11.3. The first-order valence-corrected chi connectivity index (χ1v) is 16.2. The molecule has 0 amide bonds. The molecular formula is C42H40O12. The predicted molar refractivity (Wildman–Crippen MR) is 204 cm³/mol. The number of carbonyl (C=O) groups excluding carboxylic acids is 4. The highest BCUT2D eigenvalue weighted by Gasteiger charge is 2.08. The van der Waals surface area contributed by atoms with Crippen LogP contribution in [0.2, 0.25) is 0 Å². The largest absolute Gasteiger partial charge is 0.504 e. The fourth-order valence-electron chi connectivity index (χ4n) is 4.53. The van der Waals surface area contributed by atoms with Crippen LogP contribution in [-0.4, -0.2) is 72.0 Å². The van der Waals surface area contributed by atoms with Crippen LogP contribution in [0.4, 0.5) is 0 Å². The van der Waals surface area contributed by atoms with E-state index in [4.69, 9.17) is 18.9 Å². The molecule has 0 aliphatic rings. The van der Waals surface area contributed by atoms with Gasteiger partial charge in [-0.2, -0.15) is 0 Å². The summed E-state index contributed by atoms with van der Waals surface area (Å²) >= 11 is 0.